The third-order valence-electron chi connectivity index (χ3n) is 3.41. The van der Waals surface area contributed by atoms with E-state index in [1.54, 1.807) is 7.11 Å². The van der Waals surface area contributed by atoms with Gasteiger partial charge in [0.05, 0.1) is 13.2 Å². The van der Waals surface area contributed by atoms with Crippen LogP contribution in [-0.4, -0.2) is 32.1 Å². The average Bonchev–Trinajstić information content (AvgIpc) is 2.78. The molecule has 0 spiro atoms. The first kappa shape index (κ1) is 14.5. The zero-order valence-electron chi connectivity index (χ0n) is 12.0. The maximum Gasteiger partial charge on any atom is 0.257 e. The zero-order valence-corrected chi connectivity index (χ0v) is 12.0. The fourth-order valence-electron chi connectivity index (χ4n) is 2.45. The van der Waals surface area contributed by atoms with Crippen LogP contribution in [0.3, 0.4) is 0 Å². The highest BCUT2D eigenvalue weighted by Crippen LogP contribution is 2.29. The lowest BCUT2D eigenvalue weighted by atomic mass is 9.86. The first-order chi connectivity index (χ1) is 9.73. The third-order valence-corrected chi connectivity index (χ3v) is 3.41. The van der Waals surface area contributed by atoms with E-state index in [0.717, 1.165) is 18.4 Å². The van der Waals surface area contributed by atoms with Crippen molar-refractivity contribution in [2.75, 3.05) is 20.3 Å². The molecule has 1 aromatic carbocycles. The SMILES string of the molecule is CCCC1(c2ccccc2)NC(=NCCOC)NC1=O. The van der Waals surface area contributed by atoms with Gasteiger partial charge in [-0.3, -0.25) is 15.1 Å². The van der Waals surface area contributed by atoms with Gasteiger partial charge in [-0.15, -0.1) is 0 Å². The van der Waals surface area contributed by atoms with E-state index in [4.69, 9.17) is 4.74 Å². The summed E-state index contributed by atoms with van der Waals surface area (Å²) in [5.74, 6) is 0.492. The van der Waals surface area contributed by atoms with E-state index in [2.05, 4.69) is 22.5 Å². The summed E-state index contributed by atoms with van der Waals surface area (Å²) in [6, 6.07) is 9.79. The summed E-state index contributed by atoms with van der Waals surface area (Å²) < 4.78 is 4.97. The van der Waals surface area contributed by atoms with Gasteiger partial charge in [-0.25, -0.2) is 0 Å². The number of carbonyl (C=O) groups is 1. The number of methoxy groups -OCH3 is 1. The van der Waals surface area contributed by atoms with Gasteiger partial charge in [-0.05, 0) is 12.0 Å². The lowest BCUT2D eigenvalue weighted by molar-refractivity contribution is -0.124. The van der Waals surface area contributed by atoms with Gasteiger partial charge in [0.25, 0.3) is 5.91 Å². The van der Waals surface area contributed by atoms with E-state index >= 15 is 0 Å². The highest BCUT2D eigenvalue weighted by Gasteiger charge is 2.45. The molecule has 1 atom stereocenters. The molecule has 108 valence electrons. The van der Waals surface area contributed by atoms with E-state index < -0.39 is 5.54 Å². The fourth-order valence-corrected chi connectivity index (χ4v) is 2.45. The van der Waals surface area contributed by atoms with Crippen molar-refractivity contribution in [3.05, 3.63) is 35.9 Å². The van der Waals surface area contributed by atoms with Crippen LogP contribution < -0.4 is 10.6 Å². The normalized spacial score (nSPS) is 23.7. The molecule has 1 aromatic rings. The molecule has 0 saturated carbocycles. The Kier molecular flexibility index (Phi) is 4.74. The number of ether oxygens (including phenoxy) is 1. The van der Waals surface area contributed by atoms with Crippen molar-refractivity contribution in [3.8, 4) is 0 Å². The molecule has 0 bridgehead atoms. The average molecular weight is 275 g/mol. The quantitative estimate of drug-likeness (QED) is 0.772. The number of rotatable bonds is 6. The lowest BCUT2D eigenvalue weighted by Gasteiger charge is -2.26. The molecule has 0 radical (unpaired) electrons. The van der Waals surface area contributed by atoms with E-state index in [9.17, 15) is 4.79 Å². The van der Waals surface area contributed by atoms with Gasteiger partial charge in [0.1, 0.15) is 5.54 Å². The zero-order chi connectivity index (χ0) is 14.4. The number of amides is 1. The minimum Gasteiger partial charge on any atom is -0.383 e. The first-order valence-corrected chi connectivity index (χ1v) is 6.91. The molecular formula is C15H21N3O2. The Bertz CT molecular complexity index is 487. The van der Waals surface area contributed by atoms with Crippen molar-refractivity contribution in [1.82, 2.24) is 10.6 Å². The van der Waals surface area contributed by atoms with Gasteiger partial charge < -0.3 is 10.1 Å². The molecule has 0 aromatic heterocycles. The molecule has 20 heavy (non-hydrogen) atoms. The largest absolute Gasteiger partial charge is 0.383 e. The summed E-state index contributed by atoms with van der Waals surface area (Å²) in [5.41, 5.74) is 0.262. The number of benzene rings is 1. The molecule has 1 fully saturated rings. The molecule has 1 saturated heterocycles. The maximum absolute atomic E-state index is 12.4. The number of carbonyl (C=O) groups excluding carboxylic acids is 1. The van der Waals surface area contributed by atoms with Crippen LogP contribution in [0, 0.1) is 0 Å². The van der Waals surface area contributed by atoms with Crippen molar-refractivity contribution in [2.24, 2.45) is 4.99 Å². The van der Waals surface area contributed by atoms with Crippen LogP contribution in [0.2, 0.25) is 0 Å². The Morgan fingerprint density at radius 1 is 1.30 bits per heavy atom. The van der Waals surface area contributed by atoms with Crippen molar-refractivity contribution >= 4 is 11.9 Å². The van der Waals surface area contributed by atoms with Crippen LogP contribution in [0.1, 0.15) is 25.3 Å². The molecule has 1 unspecified atom stereocenters. The monoisotopic (exact) mass is 275 g/mol. The van der Waals surface area contributed by atoms with Crippen LogP contribution in [0.4, 0.5) is 0 Å². The van der Waals surface area contributed by atoms with E-state index in [0.29, 0.717) is 19.1 Å². The number of hydrogen-bond acceptors (Lipinski definition) is 3. The minimum absolute atomic E-state index is 0.0401. The second-order valence-corrected chi connectivity index (χ2v) is 4.82. The van der Waals surface area contributed by atoms with Crippen LogP contribution in [0.25, 0.3) is 0 Å². The van der Waals surface area contributed by atoms with Crippen LogP contribution in [0.15, 0.2) is 35.3 Å². The van der Waals surface area contributed by atoms with Crippen LogP contribution in [-0.2, 0) is 15.1 Å². The van der Waals surface area contributed by atoms with Gasteiger partial charge in [0, 0.05) is 7.11 Å². The van der Waals surface area contributed by atoms with Gasteiger partial charge >= 0.3 is 0 Å². The van der Waals surface area contributed by atoms with Crippen LogP contribution in [0.5, 0.6) is 0 Å². The Hall–Kier alpha value is -1.88. The smallest absolute Gasteiger partial charge is 0.257 e. The fraction of sp³-hybridized carbons (Fsp3) is 0.467. The third kappa shape index (κ3) is 2.82. The van der Waals surface area contributed by atoms with Gasteiger partial charge in [0.15, 0.2) is 5.96 Å². The second-order valence-electron chi connectivity index (χ2n) is 4.82. The number of nitrogens with zero attached hydrogens (tertiary/aromatic N) is 1. The molecular weight excluding hydrogens is 254 g/mol. The van der Waals surface area contributed by atoms with Crippen molar-refractivity contribution in [1.29, 1.82) is 0 Å². The molecule has 5 heteroatoms. The standard InChI is InChI=1S/C15H21N3O2/c1-3-9-15(12-7-5-4-6-8-12)13(19)17-14(18-15)16-10-11-20-2/h4-8H,3,9-11H2,1-2H3,(H2,16,17,18,19). The number of hydrogen-bond donors (Lipinski definition) is 2. The van der Waals surface area contributed by atoms with Gasteiger partial charge in [0.2, 0.25) is 0 Å². The predicted octanol–water partition coefficient (Wildman–Crippen LogP) is 1.40. The summed E-state index contributed by atoms with van der Waals surface area (Å²) in [4.78, 5) is 16.8. The van der Waals surface area contributed by atoms with E-state index in [-0.39, 0.29) is 5.91 Å². The van der Waals surface area contributed by atoms with Gasteiger partial charge in [-0.1, -0.05) is 43.7 Å². The maximum atomic E-state index is 12.4. The topological polar surface area (TPSA) is 62.7 Å². The van der Waals surface area contributed by atoms with Crippen molar-refractivity contribution in [3.63, 3.8) is 0 Å². The lowest BCUT2D eigenvalue weighted by Crippen LogP contribution is -2.43. The summed E-state index contributed by atoms with van der Waals surface area (Å²) in [7, 11) is 1.63. The highest BCUT2D eigenvalue weighted by molar-refractivity contribution is 6.09. The molecule has 2 N–H and O–H groups in total. The minimum atomic E-state index is -0.706. The summed E-state index contributed by atoms with van der Waals surface area (Å²) in [6.07, 6.45) is 1.63. The summed E-state index contributed by atoms with van der Waals surface area (Å²) in [5, 5.41) is 6.10. The molecule has 1 heterocycles. The Morgan fingerprint density at radius 2 is 2.05 bits per heavy atom. The van der Waals surface area contributed by atoms with E-state index in [1.807, 2.05) is 30.3 Å². The summed E-state index contributed by atoms with van der Waals surface area (Å²) >= 11 is 0. The second kappa shape index (κ2) is 6.52. The Balaban J connectivity index is 2.25. The van der Waals surface area contributed by atoms with Crippen molar-refractivity contribution in [2.45, 2.75) is 25.3 Å². The molecule has 1 amide bonds. The summed E-state index contributed by atoms with van der Waals surface area (Å²) in [6.45, 7) is 3.13. The number of nitrogens with one attached hydrogen (secondary N) is 2. The van der Waals surface area contributed by atoms with Crippen LogP contribution >= 0.6 is 0 Å². The predicted molar refractivity (Wildman–Crippen MR) is 78.5 cm³/mol. The molecule has 0 aliphatic carbocycles. The molecule has 2 rings (SSSR count). The first-order valence-electron chi connectivity index (χ1n) is 6.91. The molecule has 1 aliphatic rings. The number of aliphatic imine (C=N–C) groups is 1. The highest BCUT2D eigenvalue weighted by atomic mass is 16.5. The molecule has 1 aliphatic heterocycles. The molecule has 5 nitrogen and oxygen atoms in total. The van der Waals surface area contributed by atoms with Gasteiger partial charge in [-0.2, -0.15) is 0 Å². The number of guanidine groups is 1. The van der Waals surface area contributed by atoms with E-state index in [1.165, 1.54) is 0 Å². The van der Waals surface area contributed by atoms with Crippen molar-refractivity contribution < 1.29 is 9.53 Å². The Labute approximate surface area is 119 Å². The Morgan fingerprint density at radius 3 is 2.70 bits per heavy atom.